The second-order valence-corrected chi connectivity index (χ2v) is 3.86. The number of carbonyl (C=O) groups is 1. The van der Waals surface area contributed by atoms with Gasteiger partial charge in [-0.15, -0.1) is 0 Å². The van der Waals surface area contributed by atoms with E-state index in [1.165, 1.54) is 13.8 Å². The summed E-state index contributed by atoms with van der Waals surface area (Å²) >= 11 is 4.01. The summed E-state index contributed by atoms with van der Waals surface area (Å²) in [5, 5.41) is 21.6. The third-order valence-corrected chi connectivity index (χ3v) is 2.22. The molecule has 0 aromatic rings. The summed E-state index contributed by atoms with van der Waals surface area (Å²) in [6.45, 7) is 5.17. The number of carbonyl (C=O) groups excluding carboxylic acids is 1. The molecule has 5 nitrogen and oxygen atoms in total. The Morgan fingerprint density at radius 2 is 1.80 bits per heavy atom. The van der Waals surface area contributed by atoms with Gasteiger partial charge in [0, 0.05) is 12.3 Å². The molecule has 15 heavy (non-hydrogen) atoms. The maximum absolute atomic E-state index is 11.8. The SMILES string of the molecule is CC(NCCS)C(=O)N(C(C)O)C(C)O. The number of aliphatic hydroxyl groups is 2. The maximum Gasteiger partial charge on any atom is 0.243 e. The number of aliphatic hydroxyl groups excluding tert-OH is 2. The fourth-order valence-electron chi connectivity index (χ4n) is 1.27. The smallest absolute Gasteiger partial charge is 0.243 e. The van der Waals surface area contributed by atoms with Gasteiger partial charge in [-0.1, -0.05) is 0 Å². The Morgan fingerprint density at radius 1 is 1.33 bits per heavy atom. The summed E-state index contributed by atoms with van der Waals surface area (Å²) in [6.07, 6.45) is -2.00. The van der Waals surface area contributed by atoms with Gasteiger partial charge in [-0.25, -0.2) is 0 Å². The highest BCUT2D eigenvalue weighted by Gasteiger charge is 2.26. The molecule has 1 amide bonds. The topological polar surface area (TPSA) is 72.8 Å². The molecule has 0 saturated carbocycles. The number of hydrogen-bond acceptors (Lipinski definition) is 5. The van der Waals surface area contributed by atoms with Crippen LogP contribution in [0, 0.1) is 0 Å². The quantitative estimate of drug-likeness (QED) is 0.367. The molecule has 3 unspecified atom stereocenters. The monoisotopic (exact) mass is 236 g/mol. The standard InChI is InChI=1S/C9H20N2O3S/c1-6(10-4-5-15)9(14)11(7(2)12)8(3)13/h6-8,10,12-13,15H,4-5H2,1-3H3. The predicted octanol–water partition coefficient (Wildman–Crippen LogP) is -0.600. The average Bonchev–Trinajstić information content (AvgIpc) is 2.12. The van der Waals surface area contributed by atoms with Crippen LogP contribution in [0.3, 0.4) is 0 Å². The Bertz CT molecular complexity index is 192. The van der Waals surface area contributed by atoms with Crippen LogP contribution in [-0.4, -0.2) is 51.8 Å². The van der Waals surface area contributed by atoms with Crippen molar-refractivity contribution in [3.05, 3.63) is 0 Å². The van der Waals surface area contributed by atoms with Crippen molar-refractivity contribution in [1.82, 2.24) is 10.2 Å². The van der Waals surface area contributed by atoms with Crippen molar-refractivity contribution >= 4 is 18.5 Å². The highest BCUT2D eigenvalue weighted by Crippen LogP contribution is 2.04. The van der Waals surface area contributed by atoms with E-state index in [0.29, 0.717) is 12.3 Å². The molecule has 0 heterocycles. The molecule has 0 radical (unpaired) electrons. The zero-order valence-electron chi connectivity index (χ0n) is 9.34. The molecule has 0 fully saturated rings. The highest BCUT2D eigenvalue weighted by molar-refractivity contribution is 7.80. The number of amides is 1. The first-order valence-corrected chi connectivity index (χ1v) is 5.57. The van der Waals surface area contributed by atoms with Gasteiger partial charge >= 0.3 is 0 Å². The Balaban J connectivity index is 4.36. The summed E-state index contributed by atoms with van der Waals surface area (Å²) in [4.78, 5) is 12.8. The molecule has 3 atom stereocenters. The lowest BCUT2D eigenvalue weighted by molar-refractivity contribution is -0.158. The Hall–Kier alpha value is -0.300. The number of thiol groups is 1. The van der Waals surface area contributed by atoms with E-state index in [2.05, 4.69) is 17.9 Å². The van der Waals surface area contributed by atoms with E-state index in [1.54, 1.807) is 6.92 Å². The first-order valence-electron chi connectivity index (χ1n) is 4.94. The summed E-state index contributed by atoms with van der Waals surface area (Å²) in [7, 11) is 0. The molecule has 90 valence electrons. The minimum Gasteiger partial charge on any atom is -0.374 e. The van der Waals surface area contributed by atoms with E-state index < -0.39 is 18.5 Å². The molecule has 0 aliphatic carbocycles. The molecule has 0 saturated heterocycles. The summed E-state index contributed by atoms with van der Waals surface area (Å²) in [5.74, 6) is 0.294. The lowest BCUT2D eigenvalue weighted by atomic mass is 10.2. The minimum atomic E-state index is -1.00. The van der Waals surface area contributed by atoms with Gasteiger partial charge in [-0.05, 0) is 20.8 Å². The maximum atomic E-state index is 11.8. The van der Waals surface area contributed by atoms with Gasteiger partial charge in [-0.3, -0.25) is 9.69 Å². The molecular formula is C9H20N2O3S. The number of rotatable bonds is 6. The fourth-order valence-corrected chi connectivity index (χ4v) is 1.40. The van der Waals surface area contributed by atoms with Gasteiger partial charge in [0.1, 0.15) is 12.5 Å². The van der Waals surface area contributed by atoms with Crippen LogP contribution >= 0.6 is 12.6 Å². The van der Waals surface area contributed by atoms with E-state index in [9.17, 15) is 15.0 Å². The van der Waals surface area contributed by atoms with Crippen molar-refractivity contribution in [3.8, 4) is 0 Å². The Kier molecular flexibility index (Phi) is 6.91. The minimum absolute atomic E-state index is 0.332. The molecule has 0 aromatic heterocycles. The van der Waals surface area contributed by atoms with E-state index >= 15 is 0 Å². The summed E-state index contributed by atoms with van der Waals surface area (Å²) < 4.78 is 0. The van der Waals surface area contributed by atoms with Crippen LogP contribution in [0.2, 0.25) is 0 Å². The predicted molar refractivity (Wildman–Crippen MR) is 61.5 cm³/mol. The highest BCUT2D eigenvalue weighted by atomic mass is 32.1. The molecule has 0 bridgehead atoms. The van der Waals surface area contributed by atoms with Crippen molar-refractivity contribution in [3.63, 3.8) is 0 Å². The molecule has 0 rings (SSSR count). The average molecular weight is 236 g/mol. The van der Waals surface area contributed by atoms with Crippen LogP contribution in [0.15, 0.2) is 0 Å². The Morgan fingerprint density at radius 3 is 2.13 bits per heavy atom. The third-order valence-electron chi connectivity index (χ3n) is 1.99. The normalized spacial score (nSPS) is 16.9. The number of hydrogen-bond donors (Lipinski definition) is 4. The van der Waals surface area contributed by atoms with Crippen LogP contribution in [-0.2, 0) is 4.79 Å². The lowest BCUT2D eigenvalue weighted by Gasteiger charge is -2.30. The van der Waals surface area contributed by atoms with Gasteiger partial charge in [0.2, 0.25) is 5.91 Å². The van der Waals surface area contributed by atoms with Crippen molar-refractivity contribution in [2.24, 2.45) is 0 Å². The van der Waals surface area contributed by atoms with Crippen LogP contribution in [0.25, 0.3) is 0 Å². The fraction of sp³-hybridized carbons (Fsp3) is 0.889. The van der Waals surface area contributed by atoms with Gasteiger partial charge in [0.05, 0.1) is 6.04 Å². The first kappa shape index (κ1) is 14.7. The van der Waals surface area contributed by atoms with E-state index in [1.807, 2.05) is 0 Å². The van der Waals surface area contributed by atoms with Crippen LogP contribution < -0.4 is 5.32 Å². The molecule has 0 aliphatic rings. The van der Waals surface area contributed by atoms with Crippen LogP contribution in [0.1, 0.15) is 20.8 Å². The zero-order valence-corrected chi connectivity index (χ0v) is 10.2. The largest absolute Gasteiger partial charge is 0.374 e. The zero-order chi connectivity index (χ0) is 12.0. The van der Waals surface area contributed by atoms with Crippen molar-refractivity contribution in [1.29, 1.82) is 0 Å². The number of nitrogens with zero attached hydrogens (tertiary/aromatic N) is 1. The second-order valence-electron chi connectivity index (χ2n) is 3.41. The van der Waals surface area contributed by atoms with Crippen LogP contribution in [0.5, 0.6) is 0 Å². The molecule has 0 aromatic carbocycles. The van der Waals surface area contributed by atoms with Crippen LogP contribution in [0.4, 0.5) is 0 Å². The van der Waals surface area contributed by atoms with Gasteiger partial charge in [0.15, 0.2) is 0 Å². The third kappa shape index (κ3) is 4.83. The molecule has 0 spiro atoms. The summed E-state index contributed by atoms with van der Waals surface area (Å²) in [6, 6.07) is -0.443. The molecular weight excluding hydrogens is 216 g/mol. The van der Waals surface area contributed by atoms with Gasteiger partial charge in [-0.2, -0.15) is 12.6 Å². The molecule has 6 heteroatoms. The van der Waals surface area contributed by atoms with Crippen molar-refractivity contribution in [2.75, 3.05) is 12.3 Å². The van der Waals surface area contributed by atoms with E-state index in [0.717, 1.165) is 4.90 Å². The summed E-state index contributed by atoms with van der Waals surface area (Å²) in [5.41, 5.74) is 0. The number of nitrogens with one attached hydrogen (secondary N) is 1. The second kappa shape index (κ2) is 7.05. The van der Waals surface area contributed by atoms with Gasteiger partial charge in [0.25, 0.3) is 0 Å². The molecule has 0 aliphatic heterocycles. The van der Waals surface area contributed by atoms with Crippen molar-refractivity contribution in [2.45, 2.75) is 39.3 Å². The lowest BCUT2D eigenvalue weighted by Crippen LogP contribution is -2.52. The first-order chi connectivity index (χ1) is 6.91. The van der Waals surface area contributed by atoms with Gasteiger partial charge < -0.3 is 15.5 Å². The molecule has 3 N–H and O–H groups in total. The van der Waals surface area contributed by atoms with Crippen molar-refractivity contribution < 1.29 is 15.0 Å². The van der Waals surface area contributed by atoms with E-state index in [4.69, 9.17) is 0 Å². The Labute approximate surface area is 95.9 Å². The van der Waals surface area contributed by atoms with E-state index in [-0.39, 0.29) is 5.91 Å².